The van der Waals surface area contributed by atoms with Crippen LogP contribution in [0.5, 0.6) is 11.5 Å². The van der Waals surface area contributed by atoms with E-state index < -0.39 is 75.6 Å². The standard InChI is InChI=1S/C27H19F11O2/c28-17-7-14(13-5-3-1-2-4-6-13)8-18(29)23(17)26(35,36)39-15-9-19(30)24(20(31)10-15)27(37,38)40-16-11-21(32)25(34)22(33)12-16/h7-13H,1-6H2. The Bertz CT molecular complexity index is 1330. The van der Waals surface area contributed by atoms with E-state index in [2.05, 4.69) is 9.47 Å². The van der Waals surface area contributed by atoms with E-state index in [1.807, 2.05) is 0 Å². The molecule has 0 spiro atoms. The number of ether oxygens (including phenoxy) is 2. The lowest BCUT2D eigenvalue weighted by atomic mass is 9.90. The molecule has 0 saturated heterocycles. The molecule has 0 N–H and O–H groups in total. The first kappa shape index (κ1) is 29.5. The predicted molar refractivity (Wildman–Crippen MR) is 119 cm³/mol. The van der Waals surface area contributed by atoms with Crippen LogP contribution in [0.1, 0.15) is 61.1 Å². The van der Waals surface area contributed by atoms with Gasteiger partial charge in [0.15, 0.2) is 17.5 Å². The van der Waals surface area contributed by atoms with Gasteiger partial charge in [0.25, 0.3) is 0 Å². The molecular weight excluding hydrogens is 565 g/mol. The highest BCUT2D eigenvalue weighted by Crippen LogP contribution is 2.41. The Labute approximate surface area is 220 Å². The van der Waals surface area contributed by atoms with Gasteiger partial charge in [-0.3, -0.25) is 0 Å². The zero-order valence-corrected chi connectivity index (χ0v) is 20.3. The van der Waals surface area contributed by atoms with Crippen LogP contribution in [0.25, 0.3) is 0 Å². The van der Waals surface area contributed by atoms with E-state index in [1.165, 1.54) is 0 Å². The lowest BCUT2D eigenvalue weighted by molar-refractivity contribution is -0.191. The largest absolute Gasteiger partial charge is 0.432 e. The highest BCUT2D eigenvalue weighted by atomic mass is 19.3. The number of alkyl halides is 4. The minimum Gasteiger partial charge on any atom is -0.429 e. The third kappa shape index (κ3) is 6.12. The average molecular weight is 584 g/mol. The number of hydrogen-bond donors (Lipinski definition) is 0. The van der Waals surface area contributed by atoms with Gasteiger partial charge in [-0.15, -0.1) is 0 Å². The van der Waals surface area contributed by atoms with E-state index >= 15 is 0 Å². The summed E-state index contributed by atoms with van der Waals surface area (Å²) in [6.07, 6.45) is -5.16. The van der Waals surface area contributed by atoms with Crippen molar-refractivity contribution in [3.63, 3.8) is 0 Å². The molecule has 2 nitrogen and oxygen atoms in total. The van der Waals surface area contributed by atoms with Crippen LogP contribution in [-0.4, -0.2) is 0 Å². The first-order chi connectivity index (χ1) is 18.7. The summed E-state index contributed by atoms with van der Waals surface area (Å²) in [5, 5.41) is 0. The van der Waals surface area contributed by atoms with E-state index in [0.29, 0.717) is 12.8 Å². The Morgan fingerprint density at radius 2 is 0.850 bits per heavy atom. The molecule has 1 aliphatic carbocycles. The summed E-state index contributed by atoms with van der Waals surface area (Å²) in [4.78, 5) is 0. The summed E-state index contributed by atoms with van der Waals surface area (Å²) in [6, 6.07) is 1.15. The van der Waals surface area contributed by atoms with Crippen LogP contribution in [0.15, 0.2) is 36.4 Å². The molecule has 1 saturated carbocycles. The third-order valence-corrected chi connectivity index (χ3v) is 6.44. The van der Waals surface area contributed by atoms with Gasteiger partial charge in [-0.1, -0.05) is 25.7 Å². The molecule has 0 aliphatic heterocycles. The van der Waals surface area contributed by atoms with E-state index in [1.54, 1.807) is 0 Å². The zero-order valence-electron chi connectivity index (χ0n) is 20.3. The van der Waals surface area contributed by atoms with Crippen LogP contribution in [-0.2, 0) is 12.2 Å². The molecule has 13 heteroatoms. The van der Waals surface area contributed by atoms with Gasteiger partial charge >= 0.3 is 12.2 Å². The lowest BCUT2D eigenvalue weighted by Crippen LogP contribution is -2.27. The van der Waals surface area contributed by atoms with Crippen LogP contribution < -0.4 is 9.47 Å². The summed E-state index contributed by atoms with van der Waals surface area (Å²) >= 11 is 0. The van der Waals surface area contributed by atoms with Crippen molar-refractivity contribution in [3.8, 4) is 11.5 Å². The number of rotatable bonds is 7. The Morgan fingerprint density at radius 1 is 0.500 bits per heavy atom. The molecule has 40 heavy (non-hydrogen) atoms. The molecule has 3 aromatic carbocycles. The minimum absolute atomic E-state index is 0.0235. The van der Waals surface area contributed by atoms with Gasteiger partial charge < -0.3 is 9.47 Å². The van der Waals surface area contributed by atoms with Crippen molar-refractivity contribution < 1.29 is 57.8 Å². The third-order valence-electron chi connectivity index (χ3n) is 6.44. The maximum atomic E-state index is 14.8. The molecule has 1 aliphatic rings. The number of hydrogen-bond acceptors (Lipinski definition) is 2. The molecule has 0 aromatic heterocycles. The topological polar surface area (TPSA) is 18.5 Å². The SMILES string of the molecule is Fc1cc(OC(F)(F)c2c(F)cc(OC(F)(F)c3c(F)cc(C4CCCCCC4)cc3F)cc2F)cc(F)c1F. The second-order valence-corrected chi connectivity index (χ2v) is 9.25. The molecule has 0 radical (unpaired) electrons. The minimum atomic E-state index is -4.99. The Hall–Kier alpha value is -3.51. The van der Waals surface area contributed by atoms with Gasteiger partial charge in [0.2, 0.25) is 0 Å². The molecular formula is C27H19F11O2. The molecule has 0 heterocycles. The molecule has 0 amide bonds. The average Bonchev–Trinajstić information content (AvgIpc) is 3.10. The molecule has 216 valence electrons. The number of halogens is 11. The summed E-state index contributed by atoms with van der Waals surface area (Å²) < 4.78 is 164. The van der Waals surface area contributed by atoms with Gasteiger partial charge in [-0.2, -0.15) is 17.6 Å². The van der Waals surface area contributed by atoms with E-state index in [4.69, 9.17) is 0 Å². The van der Waals surface area contributed by atoms with Crippen molar-refractivity contribution in [1.82, 2.24) is 0 Å². The summed E-state index contributed by atoms with van der Waals surface area (Å²) in [5.41, 5.74) is -3.87. The fourth-order valence-corrected chi connectivity index (χ4v) is 4.60. The van der Waals surface area contributed by atoms with Crippen LogP contribution in [0, 0.1) is 40.7 Å². The number of benzene rings is 3. The van der Waals surface area contributed by atoms with Gasteiger partial charge in [-0.05, 0) is 36.5 Å². The Kier molecular flexibility index (Phi) is 8.23. The van der Waals surface area contributed by atoms with Crippen molar-refractivity contribution in [2.45, 2.75) is 56.7 Å². The highest BCUT2D eigenvalue weighted by molar-refractivity contribution is 5.36. The molecule has 1 fully saturated rings. The first-order valence-electron chi connectivity index (χ1n) is 12.0. The normalized spacial score (nSPS) is 15.2. The van der Waals surface area contributed by atoms with Gasteiger partial charge in [0.05, 0.1) is 0 Å². The second-order valence-electron chi connectivity index (χ2n) is 9.25. The summed E-state index contributed by atoms with van der Waals surface area (Å²) in [6.45, 7) is 0. The maximum Gasteiger partial charge on any atom is 0.432 e. The van der Waals surface area contributed by atoms with E-state index in [0.717, 1.165) is 37.8 Å². The van der Waals surface area contributed by atoms with Crippen LogP contribution in [0.3, 0.4) is 0 Å². The molecule has 4 rings (SSSR count). The molecule has 0 atom stereocenters. The van der Waals surface area contributed by atoms with Crippen molar-refractivity contribution >= 4 is 0 Å². The Balaban J connectivity index is 1.59. The molecule has 3 aromatic rings. The maximum absolute atomic E-state index is 14.8. The van der Waals surface area contributed by atoms with Crippen molar-refractivity contribution in [3.05, 3.63) is 93.8 Å². The molecule has 0 unspecified atom stereocenters. The van der Waals surface area contributed by atoms with Gasteiger partial charge in [-0.25, -0.2) is 30.7 Å². The van der Waals surface area contributed by atoms with Gasteiger partial charge in [0.1, 0.15) is 45.9 Å². The quantitative estimate of drug-likeness (QED) is 0.157. The fourth-order valence-electron chi connectivity index (χ4n) is 4.60. The zero-order chi connectivity index (χ0) is 29.4. The van der Waals surface area contributed by atoms with Crippen molar-refractivity contribution in [2.75, 3.05) is 0 Å². The lowest BCUT2D eigenvalue weighted by Gasteiger charge is -2.23. The first-order valence-corrected chi connectivity index (χ1v) is 12.0. The monoisotopic (exact) mass is 584 g/mol. The van der Waals surface area contributed by atoms with Crippen molar-refractivity contribution in [2.24, 2.45) is 0 Å². The van der Waals surface area contributed by atoms with Gasteiger partial charge in [0, 0.05) is 24.3 Å². The Morgan fingerprint density at radius 3 is 1.25 bits per heavy atom. The van der Waals surface area contributed by atoms with E-state index in [-0.39, 0.29) is 35.7 Å². The van der Waals surface area contributed by atoms with E-state index in [9.17, 15) is 48.3 Å². The smallest absolute Gasteiger partial charge is 0.429 e. The van der Waals surface area contributed by atoms with Crippen LogP contribution >= 0.6 is 0 Å². The second kappa shape index (κ2) is 11.2. The summed E-state index contributed by atoms with van der Waals surface area (Å²) in [7, 11) is 0. The van der Waals surface area contributed by atoms with Crippen LogP contribution in [0.2, 0.25) is 0 Å². The summed E-state index contributed by atoms with van der Waals surface area (Å²) in [5.74, 6) is -16.7. The predicted octanol–water partition coefficient (Wildman–Crippen LogP) is 9.35. The van der Waals surface area contributed by atoms with Crippen LogP contribution in [0.4, 0.5) is 48.3 Å². The van der Waals surface area contributed by atoms with Crippen molar-refractivity contribution in [1.29, 1.82) is 0 Å². The highest BCUT2D eigenvalue weighted by Gasteiger charge is 2.44. The fraction of sp³-hybridized carbons (Fsp3) is 0.333. The molecule has 0 bridgehead atoms.